The first-order valence-corrected chi connectivity index (χ1v) is 26.9. The Balaban J connectivity index is 2.91. The number of carboxylic acid groups (broad SMARTS) is 1. The number of aliphatic carboxylic acids is 1. The third-order valence-corrected chi connectivity index (χ3v) is 13.6. The van der Waals surface area contributed by atoms with Crippen molar-refractivity contribution in [3.05, 3.63) is 48.6 Å². The second-order valence-corrected chi connectivity index (χ2v) is 19.8. The van der Waals surface area contributed by atoms with Crippen molar-refractivity contribution in [2.45, 2.75) is 215 Å². The first kappa shape index (κ1) is 62.6. The highest BCUT2D eigenvalue weighted by molar-refractivity contribution is 8.00. The zero-order valence-electron chi connectivity index (χ0n) is 39.8. The number of phosphoric ester groups is 1. The van der Waals surface area contributed by atoms with Crippen molar-refractivity contribution in [3.63, 3.8) is 0 Å². The van der Waals surface area contributed by atoms with Crippen LogP contribution in [-0.4, -0.2) is 138 Å². The fraction of sp³-hybridized carbons (Fsp3) is 0.771. The summed E-state index contributed by atoms with van der Waals surface area (Å²) in [5, 5.41) is 69.9. The lowest BCUT2D eigenvalue weighted by molar-refractivity contribution is -0.220. The van der Waals surface area contributed by atoms with Crippen LogP contribution in [0.15, 0.2) is 48.6 Å². The lowest BCUT2D eigenvalue weighted by Gasteiger charge is -2.41. The first-order chi connectivity index (χ1) is 32.0. The highest BCUT2D eigenvalue weighted by Gasteiger charge is 2.51. The quantitative estimate of drug-likeness (QED) is 0.0104. The van der Waals surface area contributed by atoms with Crippen LogP contribution in [-0.2, 0) is 37.5 Å². The van der Waals surface area contributed by atoms with Gasteiger partial charge in [0.1, 0.15) is 49.3 Å². The fourth-order valence-electron chi connectivity index (χ4n) is 7.06. The van der Waals surface area contributed by atoms with Crippen molar-refractivity contribution >= 4 is 37.5 Å². The van der Waals surface area contributed by atoms with E-state index in [0.717, 1.165) is 50.3 Å². The summed E-state index contributed by atoms with van der Waals surface area (Å²) in [6, 6.07) is -1.33. The Hall–Kier alpha value is -2.45. The van der Waals surface area contributed by atoms with Gasteiger partial charge in [0.25, 0.3) is 0 Å². The maximum absolute atomic E-state index is 13.3. The number of hydrogen-bond donors (Lipinski definition) is 9. The standard InChI is InChI=1S/C48H84NO16PS/c1-3-5-7-9-11-13-15-17-19-21-23-25-27-32-41(53)62-33-36(34-63-66(60,61)65-47-45(57)43(55)42(54)44(56)46(47)58)64-48(59)37(49)35-67-39(38(50)29-28-31-40(51)52)30-26-24-22-20-18-16-14-12-10-8-6-4-2/h12,14,18,20,22,24,26,30,36-39,42-47,50,54-58H,3-11,13,15-17,19,21,23,25,27-29,31-35,49H2,1-2H3,(H,51,52)(H,60,61)/b14-12-,20-18-,24-22+,30-26+/t36-,37+,38+,39-,42?,43-,44+,45-,46-,47?/m1/s1. The largest absolute Gasteiger partial charge is 0.481 e. The predicted molar refractivity (Wildman–Crippen MR) is 259 cm³/mol. The van der Waals surface area contributed by atoms with E-state index >= 15 is 0 Å². The summed E-state index contributed by atoms with van der Waals surface area (Å²) >= 11 is 1.11. The molecule has 1 saturated carbocycles. The average Bonchev–Trinajstić information content (AvgIpc) is 3.29. The van der Waals surface area contributed by atoms with Crippen LogP contribution in [0, 0.1) is 0 Å². The number of esters is 2. The lowest BCUT2D eigenvalue weighted by atomic mass is 9.85. The van der Waals surface area contributed by atoms with Gasteiger partial charge in [0.15, 0.2) is 6.10 Å². The molecule has 1 rings (SSSR count). The minimum absolute atomic E-state index is 0.0662. The number of rotatable bonds is 40. The van der Waals surface area contributed by atoms with Gasteiger partial charge in [-0.15, -0.1) is 11.8 Å². The maximum Gasteiger partial charge on any atom is 0.472 e. The number of hydrogen-bond acceptors (Lipinski definition) is 16. The molecular weight excluding hydrogens is 910 g/mol. The molecule has 0 aromatic rings. The summed E-state index contributed by atoms with van der Waals surface area (Å²) in [4.78, 5) is 47.6. The zero-order chi connectivity index (χ0) is 49.9. The van der Waals surface area contributed by atoms with E-state index in [1.807, 2.05) is 18.2 Å². The highest BCUT2D eigenvalue weighted by atomic mass is 32.2. The van der Waals surface area contributed by atoms with Gasteiger partial charge >= 0.3 is 25.7 Å². The number of allylic oxidation sites excluding steroid dienone is 7. The molecule has 0 heterocycles. The van der Waals surface area contributed by atoms with Gasteiger partial charge in [-0.2, -0.15) is 0 Å². The number of ether oxygens (including phenoxy) is 2. The average molecular weight is 994 g/mol. The Labute approximate surface area is 402 Å². The van der Waals surface area contributed by atoms with E-state index in [2.05, 4.69) is 26.0 Å². The fourth-order valence-corrected chi connectivity index (χ4v) is 9.16. The summed E-state index contributed by atoms with van der Waals surface area (Å²) in [6.45, 7) is 2.84. The van der Waals surface area contributed by atoms with Gasteiger partial charge in [-0.05, 0) is 38.5 Å². The zero-order valence-corrected chi connectivity index (χ0v) is 41.6. The molecule has 388 valence electrons. The van der Waals surface area contributed by atoms with Crippen molar-refractivity contribution in [2.24, 2.45) is 5.73 Å². The second kappa shape index (κ2) is 38.3. The van der Waals surface area contributed by atoms with Crippen LogP contribution in [0.4, 0.5) is 0 Å². The van der Waals surface area contributed by atoms with Crippen molar-refractivity contribution < 1.29 is 78.1 Å². The smallest absolute Gasteiger partial charge is 0.472 e. The summed E-state index contributed by atoms with van der Waals surface area (Å²) in [6.07, 6.45) is 20.5. The van der Waals surface area contributed by atoms with E-state index in [9.17, 15) is 54.5 Å². The molecule has 10 N–H and O–H groups in total. The monoisotopic (exact) mass is 994 g/mol. The minimum atomic E-state index is -5.28. The molecule has 17 nitrogen and oxygen atoms in total. The Morgan fingerprint density at radius 2 is 1.24 bits per heavy atom. The third-order valence-electron chi connectivity index (χ3n) is 11.2. The molecule has 1 aliphatic carbocycles. The molecule has 11 atom stereocenters. The molecular formula is C48H84NO16PS. The van der Waals surface area contributed by atoms with Crippen molar-refractivity contribution in [1.29, 1.82) is 0 Å². The number of carbonyl (C=O) groups is 3. The van der Waals surface area contributed by atoms with Gasteiger partial charge in [-0.3, -0.25) is 23.4 Å². The van der Waals surface area contributed by atoms with Gasteiger partial charge < -0.3 is 55.8 Å². The number of thioether (sulfide) groups is 1. The van der Waals surface area contributed by atoms with Crippen LogP contribution < -0.4 is 5.73 Å². The van der Waals surface area contributed by atoms with Crippen LogP contribution in [0.3, 0.4) is 0 Å². The van der Waals surface area contributed by atoms with E-state index in [0.29, 0.717) is 6.42 Å². The highest BCUT2D eigenvalue weighted by Crippen LogP contribution is 2.47. The molecule has 1 fully saturated rings. The molecule has 19 heteroatoms. The summed E-state index contributed by atoms with van der Waals surface area (Å²) in [5.41, 5.74) is 6.20. The van der Waals surface area contributed by atoms with Gasteiger partial charge in [-0.1, -0.05) is 152 Å². The summed E-state index contributed by atoms with van der Waals surface area (Å²) < 4.78 is 33.7. The van der Waals surface area contributed by atoms with Crippen LogP contribution in [0.2, 0.25) is 0 Å². The molecule has 0 amide bonds. The molecule has 0 bridgehead atoms. The van der Waals surface area contributed by atoms with E-state index < -0.39 is 99.1 Å². The maximum atomic E-state index is 13.3. The molecule has 0 aromatic carbocycles. The molecule has 0 radical (unpaired) electrons. The molecule has 67 heavy (non-hydrogen) atoms. The van der Waals surface area contributed by atoms with E-state index in [1.54, 1.807) is 18.2 Å². The van der Waals surface area contributed by atoms with Gasteiger partial charge in [0.2, 0.25) is 0 Å². The topological polar surface area (TPSA) is 293 Å². The van der Waals surface area contributed by atoms with E-state index in [-0.39, 0.29) is 31.4 Å². The number of unbranched alkanes of at least 4 members (excludes halogenated alkanes) is 15. The van der Waals surface area contributed by atoms with Crippen molar-refractivity contribution in [1.82, 2.24) is 0 Å². The van der Waals surface area contributed by atoms with E-state index in [4.69, 9.17) is 29.4 Å². The number of aliphatic hydroxyl groups excluding tert-OH is 6. The van der Waals surface area contributed by atoms with Crippen LogP contribution >= 0.6 is 19.6 Å². The predicted octanol–water partition coefficient (Wildman–Crippen LogP) is 6.48. The van der Waals surface area contributed by atoms with Crippen molar-refractivity contribution in [3.8, 4) is 0 Å². The van der Waals surface area contributed by atoms with E-state index in [1.165, 1.54) is 70.6 Å². The number of carboxylic acids is 1. The molecule has 3 unspecified atom stereocenters. The lowest BCUT2D eigenvalue weighted by Crippen LogP contribution is -2.64. The Morgan fingerprint density at radius 3 is 1.84 bits per heavy atom. The normalized spacial score (nSPS) is 22.9. The Kier molecular flexibility index (Phi) is 35.8. The first-order valence-electron chi connectivity index (χ1n) is 24.4. The summed E-state index contributed by atoms with van der Waals surface area (Å²) in [5.74, 6) is -2.74. The van der Waals surface area contributed by atoms with Gasteiger partial charge in [-0.25, -0.2) is 4.57 Å². The minimum Gasteiger partial charge on any atom is -0.481 e. The van der Waals surface area contributed by atoms with Crippen LogP contribution in [0.5, 0.6) is 0 Å². The van der Waals surface area contributed by atoms with Crippen LogP contribution in [0.25, 0.3) is 0 Å². The Morgan fingerprint density at radius 1 is 0.687 bits per heavy atom. The number of aliphatic hydroxyl groups is 6. The number of phosphoric acid groups is 1. The Bertz CT molecular complexity index is 1480. The second-order valence-electron chi connectivity index (χ2n) is 17.2. The van der Waals surface area contributed by atoms with Crippen molar-refractivity contribution in [2.75, 3.05) is 19.0 Å². The summed E-state index contributed by atoms with van der Waals surface area (Å²) in [7, 11) is -5.28. The molecule has 0 spiro atoms. The van der Waals surface area contributed by atoms with Gasteiger partial charge in [0.05, 0.1) is 12.7 Å². The molecule has 0 aromatic heterocycles. The number of nitrogens with two attached hydrogens (primary N) is 1. The third kappa shape index (κ3) is 30.0. The molecule has 1 aliphatic rings. The number of carbonyl (C=O) groups excluding carboxylic acids is 2. The van der Waals surface area contributed by atoms with Crippen LogP contribution in [0.1, 0.15) is 155 Å². The van der Waals surface area contributed by atoms with Gasteiger partial charge in [0, 0.05) is 23.8 Å². The SMILES string of the molecule is CCCCC/C=C\C\C=C/C=C/C=C/[C@@H](SC[C@H](N)C(=O)O[C@H](COC(=O)CCCCCCCCCCCCCCC)COP(=O)(O)OC1[C@H](O)[C@H](O)C(O)[C@H](O)[C@H]1O)[C@@H](O)CCCC(=O)O. The molecule has 0 aliphatic heterocycles. The molecule has 0 saturated heterocycles.